The van der Waals surface area contributed by atoms with Crippen LogP contribution in [0.3, 0.4) is 0 Å². The van der Waals surface area contributed by atoms with Gasteiger partial charge in [-0.15, -0.1) is 0 Å². The number of rotatable bonds is 0. The van der Waals surface area contributed by atoms with E-state index in [4.69, 9.17) is 0 Å². The summed E-state index contributed by atoms with van der Waals surface area (Å²) in [6.45, 7) is 2.16. The Hall–Kier alpha value is -0.660. The van der Waals surface area contributed by atoms with E-state index >= 15 is 0 Å². The zero-order valence-corrected chi connectivity index (χ0v) is 6.41. The van der Waals surface area contributed by atoms with Gasteiger partial charge < -0.3 is 10.6 Å². The van der Waals surface area contributed by atoms with Crippen LogP contribution in [-0.4, -0.2) is 6.17 Å². The van der Waals surface area contributed by atoms with Crippen LogP contribution < -0.4 is 10.6 Å². The van der Waals surface area contributed by atoms with Gasteiger partial charge in [0.1, 0.15) is 0 Å². The third-order valence-corrected chi connectivity index (χ3v) is 2.25. The zero-order chi connectivity index (χ0) is 6.97. The Kier molecular flexibility index (Phi) is 1.33. The molecule has 2 N–H and O–H groups in total. The van der Waals surface area contributed by atoms with Crippen molar-refractivity contribution in [2.24, 2.45) is 0 Å². The Morgan fingerprint density at radius 1 is 1.10 bits per heavy atom. The van der Waals surface area contributed by atoms with E-state index in [1.54, 1.807) is 0 Å². The molecule has 0 aromatic heterocycles. The fourth-order valence-electron chi connectivity index (χ4n) is 1.78. The molecule has 0 radical (unpaired) electrons. The van der Waals surface area contributed by atoms with Crippen LogP contribution in [0.15, 0.2) is 11.4 Å². The van der Waals surface area contributed by atoms with E-state index in [2.05, 4.69) is 17.6 Å². The molecule has 0 aromatic rings. The Balaban J connectivity index is 2.13. The molecule has 2 heteroatoms. The highest BCUT2D eigenvalue weighted by atomic mass is 15.2. The van der Waals surface area contributed by atoms with Gasteiger partial charge in [0.15, 0.2) is 0 Å². The quantitative estimate of drug-likeness (QED) is 0.527. The molecular weight excluding hydrogens is 124 g/mol. The molecule has 2 aliphatic rings. The van der Waals surface area contributed by atoms with Crippen molar-refractivity contribution < 1.29 is 0 Å². The highest BCUT2D eigenvalue weighted by Crippen LogP contribution is 2.24. The topological polar surface area (TPSA) is 24.1 Å². The molecule has 0 saturated heterocycles. The molecule has 1 heterocycles. The smallest absolute Gasteiger partial charge is 0.0930 e. The monoisotopic (exact) mass is 138 g/mol. The summed E-state index contributed by atoms with van der Waals surface area (Å²) in [5, 5.41) is 6.85. The van der Waals surface area contributed by atoms with Crippen LogP contribution in [0.25, 0.3) is 0 Å². The molecule has 2 rings (SSSR count). The predicted molar refractivity (Wildman–Crippen MR) is 41.2 cm³/mol. The molecule has 0 spiro atoms. The Morgan fingerprint density at radius 3 is 2.10 bits per heavy atom. The lowest BCUT2D eigenvalue weighted by molar-refractivity contribution is 0.597. The van der Waals surface area contributed by atoms with Crippen molar-refractivity contribution in [2.75, 3.05) is 0 Å². The van der Waals surface area contributed by atoms with E-state index in [0.29, 0.717) is 6.17 Å². The molecule has 0 aromatic carbocycles. The summed E-state index contributed by atoms with van der Waals surface area (Å²) in [5.41, 5.74) is 2.94. The van der Waals surface area contributed by atoms with Gasteiger partial charge in [0.2, 0.25) is 0 Å². The van der Waals surface area contributed by atoms with E-state index < -0.39 is 0 Å². The molecule has 1 aliphatic carbocycles. The van der Waals surface area contributed by atoms with Crippen molar-refractivity contribution in [3.63, 3.8) is 0 Å². The van der Waals surface area contributed by atoms with Crippen molar-refractivity contribution in [3.05, 3.63) is 11.4 Å². The SMILES string of the molecule is CC1NC2=C(CCCC2)N1. The molecule has 1 aliphatic heterocycles. The summed E-state index contributed by atoms with van der Waals surface area (Å²) >= 11 is 0. The molecule has 0 unspecified atom stereocenters. The van der Waals surface area contributed by atoms with Crippen molar-refractivity contribution in [2.45, 2.75) is 38.8 Å². The molecule has 0 bridgehead atoms. The van der Waals surface area contributed by atoms with E-state index in [1.807, 2.05) is 0 Å². The van der Waals surface area contributed by atoms with Gasteiger partial charge in [-0.1, -0.05) is 0 Å². The maximum absolute atomic E-state index is 3.42. The number of allylic oxidation sites excluding steroid dienone is 2. The van der Waals surface area contributed by atoms with Gasteiger partial charge in [-0.2, -0.15) is 0 Å². The third kappa shape index (κ3) is 0.877. The van der Waals surface area contributed by atoms with Gasteiger partial charge in [-0.3, -0.25) is 0 Å². The highest BCUT2D eigenvalue weighted by molar-refractivity contribution is 5.19. The second-order valence-electron chi connectivity index (χ2n) is 3.17. The van der Waals surface area contributed by atoms with Gasteiger partial charge >= 0.3 is 0 Å². The maximum atomic E-state index is 3.42. The summed E-state index contributed by atoms with van der Waals surface area (Å²) in [7, 11) is 0. The van der Waals surface area contributed by atoms with Crippen LogP contribution in [-0.2, 0) is 0 Å². The zero-order valence-electron chi connectivity index (χ0n) is 6.41. The lowest BCUT2D eigenvalue weighted by Gasteiger charge is -2.11. The highest BCUT2D eigenvalue weighted by Gasteiger charge is 2.20. The first-order chi connectivity index (χ1) is 4.86. The number of hydrogen-bond donors (Lipinski definition) is 2. The second-order valence-corrected chi connectivity index (χ2v) is 3.17. The van der Waals surface area contributed by atoms with Crippen molar-refractivity contribution in [1.29, 1.82) is 0 Å². The minimum atomic E-state index is 0.475. The number of nitrogens with one attached hydrogen (secondary N) is 2. The van der Waals surface area contributed by atoms with Crippen molar-refractivity contribution in [3.8, 4) is 0 Å². The fourth-order valence-corrected chi connectivity index (χ4v) is 1.78. The summed E-state index contributed by atoms with van der Waals surface area (Å²) in [6, 6.07) is 0. The third-order valence-electron chi connectivity index (χ3n) is 2.25. The van der Waals surface area contributed by atoms with Gasteiger partial charge in [-0.25, -0.2) is 0 Å². The first-order valence-electron chi connectivity index (χ1n) is 4.11. The second kappa shape index (κ2) is 2.19. The van der Waals surface area contributed by atoms with Crippen LogP contribution in [0.2, 0.25) is 0 Å². The molecule has 0 atom stereocenters. The van der Waals surface area contributed by atoms with Crippen LogP contribution in [0.5, 0.6) is 0 Å². The molecule has 0 saturated carbocycles. The summed E-state index contributed by atoms with van der Waals surface area (Å²) in [6.07, 6.45) is 5.71. The fraction of sp³-hybridized carbons (Fsp3) is 0.750. The largest absolute Gasteiger partial charge is 0.368 e. The van der Waals surface area contributed by atoms with E-state index in [9.17, 15) is 0 Å². The summed E-state index contributed by atoms with van der Waals surface area (Å²) < 4.78 is 0. The Labute approximate surface area is 61.7 Å². The lowest BCUT2D eigenvalue weighted by Crippen LogP contribution is -2.28. The maximum Gasteiger partial charge on any atom is 0.0930 e. The lowest BCUT2D eigenvalue weighted by atomic mass is 10.0. The van der Waals surface area contributed by atoms with E-state index in [-0.39, 0.29) is 0 Å². The summed E-state index contributed by atoms with van der Waals surface area (Å²) in [4.78, 5) is 0. The Bertz CT molecular complexity index is 154. The average molecular weight is 138 g/mol. The number of hydrogen-bond acceptors (Lipinski definition) is 2. The average Bonchev–Trinajstić information content (AvgIpc) is 2.27. The van der Waals surface area contributed by atoms with Crippen molar-refractivity contribution >= 4 is 0 Å². The molecule has 0 amide bonds. The standard InChI is InChI=1S/C8H14N2/c1-6-9-7-4-2-3-5-8(7)10-6/h6,9-10H,2-5H2,1H3. The normalized spacial score (nSPS) is 25.7. The minimum Gasteiger partial charge on any atom is -0.368 e. The van der Waals surface area contributed by atoms with Crippen LogP contribution in [0.4, 0.5) is 0 Å². The predicted octanol–water partition coefficient (Wildman–Crippen LogP) is 1.31. The molecule has 10 heavy (non-hydrogen) atoms. The van der Waals surface area contributed by atoms with Gasteiger partial charge in [0.25, 0.3) is 0 Å². The summed E-state index contributed by atoms with van der Waals surface area (Å²) in [5.74, 6) is 0. The first-order valence-corrected chi connectivity index (χ1v) is 4.11. The first kappa shape index (κ1) is 6.08. The Morgan fingerprint density at radius 2 is 1.60 bits per heavy atom. The van der Waals surface area contributed by atoms with E-state index in [0.717, 1.165) is 0 Å². The molecular formula is C8H14N2. The van der Waals surface area contributed by atoms with Crippen molar-refractivity contribution in [1.82, 2.24) is 10.6 Å². The van der Waals surface area contributed by atoms with Crippen LogP contribution in [0.1, 0.15) is 32.6 Å². The molecule has 56 valence electrons. The van der Waals surface area contributed by atoms with Crippen LogP contribution >= 0.6 is 0 Å². The van der Waals surface area contributed by atoms with Gasteiger partial charge in [0.05, 0.1) is 6.17 Å². The van der Waals surface area contributed by atoms with Crippen LogP contribution in [0, 0.1) is 0 Å². The molecule has 2 nitrogen and oxygen atoms in total. The van der Waals surface area contributed by atoms with E-state index in [1.165, 1.54) is 37.1 Å². The van der Waals surface area contributed by atoms with Gasteiger partial charge in [-0.05, 0) is 32.6 Å². The molecule has 0 fully saturated rings. The van der Waals surface area contributed by atoms with Gasteiger partial charge in [0, 0.05) is 11.4 Å². The minimum absolute atomic E-state index is 0.475.